The molecular weight excluding hydrogens is 440 g/mol. The van der Waals surface area contributed by atoms with Gasteiger partial charge in [0.2, 0.25) is 0 Å². The van der Waals surface area contributed by atoms with Crippen LogP contribution in [0, 0.1) is 62.6 Å². The zero-order chi connectivity index (χ0) is 25.8. The van der Waals surface area contributed by atoms with Crippen molar-refractivity contribution in [1.29, 1.82) is 0 Å². The van der Waals surface area contributed by atoms with E-state index in [1.807, 2.05) is 6.92 Å². The van der Waals surface area contributed by atoms with Crippen LogP contribution >= 0.6 is 0 Å². The molecule has 5 rings (SSSR count). The normalized spacial score (nSPS) is 51.9. The molecule has 0 aromatic carbocycles. The molecule has 0 heterocycles. The van der Waals surface area contributed by atoms with Crippen LogP contribution in [0.1, 0.15) is 92.4 Å². The zero-order valence-electron chi connectivity index (χ0n) is 22.2. The topological polar surface area (TPSA) is 91.7 Å². The van der Waals surface area contributed by atoms with Crippen molar-refractivity contribution in [2.75, 3.05) is 0 Å². The van der Waals surface area contributed by atoms with E-state index < -0.39 is 28.2 Å². The molecule has 0 aromatic rings. The molecule has 0 aromatic heterocycles. The lowest BCUT2D eigenvalue weighted by atomic mass is 9.33. The number of aldehydes is 1. The van der Waals surface area contributed by atoms with Crippen LogP contribution in [0.2, 0.25) is 0 Å². The SMILES string of the molecule is C=C(C)C1CCC2(C(=O)O)CCC3(C(=O)O)C(CCC4C5(C)C(C=O)CC(C)(C)C5CCC43C)C12. The second-order valence-electron chi connectivity index (χ2n) is 14.3. The van der Waals surface area contributed by atoms with Gasteiger partial charge in [-0.05, 0) is 111 Å². The Hall–Kier alpha value is -1.65. The second kappa shape index (κ2) is 7.44. The highest BCUT2D eigenvalue weighted by Crippen LogP contribution is 2.79. The first-order valence-corrected chi connectivity index (χ1v) is 13.8. The predicted molar refractivity (Wildman–Crippen MR) is 134 cm³/mol. The van der Waals surface area contributed by atoms with Crippen molar-refractivity contribution in [2.45, 2.75) is 92.4 Å². The Morgan fingerprint density at radius 3 is 2.14 bits per heavy atom. The first-order valence-electron chi connectivity index (χ1n) is 13.8. The van der Waals surface area contributed by atoms with E-state index in [-0.39, 0.29) is 40.4 Å². The number of carbonyl (C=O) groups excluding carboxylic acids is 1. The van der Waals surface area contributed by atoms with Crippen LogP contribution in [0.4, 0.5) is 0 Å². The molecule has 5 aliphatic rings. The lowest BCUT2D eigenvalue weighted by Crippen LogP contribution is -2.68. The zero-order valence-corrected chi connectivity index (χ0v) is 22.2. The van der Waals surface area contributed by atoms with E-state index in [2.05, 4.69) is 34.3 Å². The van der Waals surface area contributed by atoms with Gasteiger partial charge in [-0.15, -0.1) is 0 Å². The maximum absolute atomic E-state index is 13.5. The van der Waals surface area contributed by atoms with Gasteiger partial charge in [0.25, 0.3) is 0 Å². The summed E-state index contributed by atoms with van der Waals surface area (Å²) < 4.78 is 0. The molecule has 0 bridgehead atoms. The summed E-state index contributed by atoms with van der Waals surface area (Å²) in [6, 6.07) is 0. The quantitative estimate of drug-likeness (QED) is 0.365. The Kier molecular flexibility index (Phi) is 5.32. The Morgan fingerprint density at radius 2 is 1.57 bits per heavy atom. The third-order valence-corrected chi connectivity index (χ3v) is 13.1. The van der Waals surface area contributed by atoms with Crippen LogP contribution in [0.25, 0.3) is 0 Å². The van der Waals surface area contributed by atoms with Crippen LogP contribution in [-0.2, 0) is 14.4 Å². The van der Waals surface area contributed by atoms with Gasteiger partial charge in [-0.3, -0.25) is 9.59 Å². The van der Waals surface area contributed by atoms with Gasteiger partial charge >= 0.3 is 11.9 Å². The first-order chi connectivity index (χ1) is 16.2. The fourth-order valence-corrected chi connectivity index (χ4v) is 11.8. The van der Waals surface area contributed by atoms with Crippen molar-refractivity contribution in [3.63, 3.8) is 0 Å². The van der Waals surface area contributed by atoms with Gasteiger partial charge < -0.3 is 15.0 Å². The van der Waals surface area contributed by atoms with E-state index >= 15 is 0 Å². The summed E-state index contributed by atoms with van der Waals surface area (Å²) in [4.78, 5) is 38.7. The number of carboxylic acids is 2. The molecule has 35 heavy (non-hydrogen) atoms. The molecule has 5 saturated carbocycles. The first kappa shape index (κ1) is 25.0. The van der Waals surface area contributed by atoms with Crippen molar-refractivity contribution in [3.8, 4) is 0 Å². The number of aliphatic carboxylic acids is 2. The van der Waals surface area contributed by atoms with Crippen molar-refractivity contribution in [2.24, 2.45) is 62.6 Å². The predicted octanol–water partition coefficient (Wildman–Crippen LogP) is 6.22. The summed E-state index contributed by atoms with van der Waals surface area (Å²) in [5.74, 6) is -1.25. The molecule has 5 aliphatic carbocycles. The highest BCUT2D eigenvalue weighted by Gasteiger charge is 2.76. The van der Waals surface area contributed by atoms with E-state index in [1.54, 1.807) is 0 Å². The Bertz CT molecular complexity index is 983. The number of fused-ring (bicyclic) bond motifs is 7. The summed E-state index contributed by atoms with van der Waals surface area (Å²) in [6.45, 7) is 15.3. The maximum atomic E-state index is 13.5. The highest BCUT2D eigenvalue weighted by atomic mass is 16.4. The molecule has 0 saturated heterocycles. The van der Waals surface area contributed by atoms with E-state index in [4.69, 9.17) is 0 Å². The Labute approximate surface area is 210 Å². The summed E-state index contributed by atoms with van der Waals surface area (Å²) in [5.41, 5.74) is -1.39. The standard InChI is InChI=1S/C30H44O5/c1-17(2)19-9-12-29(24(32)33)13-14-30(25(34)35)20(23(19)29)7-8-22-27(30,5)11-10-21-26(3,4)15-18(16-31)28(21,22)6/h16,18-23H,1,7-15H2,2-6H3,(H,32,33)(H,34,35). The minimum absolute atomic E-state index is 0.0501. The third kappa shape index (κ3) is 2.74. The summed E-state index contributed by atoms with van der Waals surface area (Å²) in [7, 11) is 0. The smallest absolute Gasteiger partial charge is 0.310 e. The monoisotopic (exact) mass is 484 g/mol. The Balaban J connectivity index is 1.67. The van der Waals surface area contributed by atoms with Gasteiger partial charge in [-0.2, -0.15) is 0 Å². The molecule has 10 atom stereocenters. The molecule has 0 spiro atoms. The van der Waals surface area contributed by atoms with E-state index in [0.717, 1.165) is 50.4 Å². The van der Waals surface area contributed by atoms with E-state index in [0.29, 0.717) is 25.2 Å². The average molecular weight is 485 g/mol. The number of carboxylic acid groups (broad SMARTS) is 2. The maximum Gasteiger partial charge on any atom is 0.310 e. The van der Waals surface area contributed by atoms with Crippen LogP contribution < -0.4 is 0 Å². The number of rotatable bonds is 4. The van der Waals surface area contributed by atoms with Gasteiger partial charge in [0, 0.05) is 5.92 Å². The van der Waals surface area contributed by atoms with Crippen molar-refractivity contribution >= 4 is 18.2 Å². The Morgan fingerprint density at radius 1 is 0.886 bits per heavy atom. The molecule has 5 fully saturated rings. The van der Waals surface area contributed by atoms with Gasteiger partial charge in [0.05, 0.1) is 10.8 Å². The minimum Gasteiger partial charge on any atom is -0.481 e. The molecule has 0 aliphatic heterocycles. The molecule has 2 N–H and O–H groups in total. The average Bonchev–Trinajstić information content (AvgIpc) is 3.27. The van der Waals surface area contributed by atoms with Gasteiger partial charge in [-0.1, -0.05) is 39.8 Å². The van der Waals surface area contributed by atoms with E-state index in [1.165, 1.54) is 0 Å². The number of hydrogen-bond donors (Lipinski definition) is 2. The number of hydrogen-bond acceptors (Lipinski definition) is 3. The third-order valence-electron chi connectivity index (χ3n) is 13.1. The molecule has 194 valence electrons. The van der Waals surface area contributed by atoms with Crippen LogP contribution in [0.3, 0.4) is 0 Å². The van der Waals surface area contributed by atoms with Crippen molar-refractivity contribution in [1.82, 2.24) is 0 Å². The summed E-state index contributed by atoms with van der Waals surface area (Å²) >= 11 is 0. The molecule has 10 unspecified atom stereocenters. The molecule has 5 nitrogen and oxygen atoms in total. The lowest BCUT2D eigenvalue weighted by Gasteiger charge is -2.69. The summed E-state index contributed by atoms with van der Waals surface area (Å²) in [6.07, 6.45) is 7.74. The summed E-state index contributed by atoms with van der Waals surface area (Å²) in [5, 5.41) is 21.6. The second-order valence-corrected chi connectivity index (χ2v) is 14.3. The highest BCUT2D eigenvalue weighted by molar-refractivity contribution is 5.80. The molecule has 5 heteroatoms. The number of carbonyl (C=O) groups is 3. The molecular formula is C30H44O5. The number of allylic oxidation sites excluding steroid dienone is 1. The fraction of sp³-hybridized carbons (Fsp3) is 0.833. The molecule has 0 amide bonds. The minimum atomic E-state index is -0.953. The van der Waals surface area contributed by atoms with Crippen LogP contribution in [0.5, 0.6) is 0 Å². The van der Waals surface area contributed by atoms with Crippen molar-refractivity contribution in [3.05, 3.63) is 12.2 Å². The lowest BCUT2D eigenvalue weighted by molar-refractivity contribution is -0.238. The fourth-order valence-electron chi connectivity index (χ4n) is 11.8. The van der Waals surface area contributed by atoms with Crippen LogP contribution in [-0.4, -0.2) is 28.4 Å². The van der Waals surface area contributed by atoms with Crippen molar-refractivity contribution < 1.29 is 24.6 Å². The molecule has 0 radical (unpaired) electrons. The van der Waals surface area contributed by atoms with E-state index in [9.17, 15) is 24.6 Å². The van der Waals surface area contributed by atoms with Gasteiger partial charge in [0.15, 0.2) is 0 Å². The van der Waals surface area contributed by atoms with Gasteiger partial charge in [0.1, 0.15) is 6.29 Å². The van der Waals surface area contributed by atoms with Crippen LogP contribution in [0.15, 0.2) is 12.2 Å². The van der Waals surface area contributed by atoms with Gasteiger partial charge in [-0.25, -0.2) is 0 Å². The largest absolute Gasteiger partial charge is 0.481 e.